The van der Waals surface area contributed by atoms with Crippen LogP contribution >= 0.6 is 12.2 Å². The normalized spacial score (nSPS) is 16.4. The van der Waals surface area contributed by atoms with Gasteiger partial charge in [-0.25, -0.2) is 4.79 Å². The number of carbonyl (C=O) groups is 1. The topological polar surface area (TPSA) is 96.9 Å². The molecule has 3 rings (SSSR count). The lowest BCUT2D eigenvalue weighted by molar-refractivity contribution is -0.140. The molecular formula is C19H18N3O4S-. The van der Waals surface area contributed by atoms with Crippen molar-refractivity contribution in [3.63, 3.8) is 0 Å². The van der Waals surface area contributed by atoms with Crippen LogP contribution in [0.2, 0.25) is 0 Å². The number of benzene rings is 2. The maximum Gasteiger partial charge on any atom is 0.338 e. The highest BCUT2D eigenvalue weighted by Crippen LogP contribution is 2.30. The quantitative estimate of drug-likeness (QED) is 0.411. The van der Waals surface area contributed by atoms with Crippen LogP contribution < -0.4 is 15.9 Å². The highest BCUT2D eigenvalue weighted by molar-refractivity contribution is 7.80. The average Bonchev–Trinajstić information content (AvgIpc) is 2.66. The predicted octanol–water partition coefficient (Wildman–Crippen LogP) is 2.92. The molecule has 0 amide bonds. The molecule has 2 aromatic rings. The van der Waals surface area contributed by atoms with Gasteiger partial charge >= 0.3 is 5.97 Å². The SMILES string of the molecule is CC1=C(C(=O)OCc2ccccc2)C(c2cccc(N([O-])O)c2)NC(=S)N1. The lowest BCUT2D eigenvalue weighted by Gasteiger charge is -2.31. The van der Waals surface area contributed by atoms with Crippen molar-refractivity contribution in [3.8, 4) is 0 Å². The largest absolute Gasteiger partial charge is 0.733 e. The Balaban J connectivity index is 1.87. The molecule has 2 aromatic carbocycles. The van der Waals surface area contributed by atoms with Gasteiger partial charge in [0.15, 0.2) is 5.11 Å². The van der Waals surface area contributed by atoms with Gasteiger partial charge in [0.05, 0.1) is 17.3 Å². The number of hydrogen-bond donors (Lipinski definition) is 3. The predicted molar refractivity (Wildman–Crippen MR) is 105 cm³/mol. The molecular weight excluding hydrogens is 366 g/mol. The van der Waals surface area contributed by atoms with Gasteiger partial charge in [-0.15, -0.1) is 0 Å². The molecule has 1 unspecified atom stereocenters. The number of carbonyl (C=O) groups excluding carboxylic acids is 1. The van der Waals surface area contributed by atoms with Crippen LogP contribution in [-0.2, 0) is 16.1 Å². The summed E-state index contributed by atoms with van der Waals surface area (Å²) < 4.78 is 5.46. The molecule has 0 aromatic heterocycles. The van der Waals surface area contributed by atoms with Gasteiger partial charge in [0.2, 0.25) is 0 Å². The Kier molecular flexibility index (Phi) is 5.70. The van der Waals surface area contributed by atoms with Crippen molar-refractivity contribution in [3.05, 3.63) is 82.2 Å². The maximum absolute atomic E-state index is 12.8. The van der Waals surface area contributed by atoms with E-state index in [1.165, 1.54) is 12.1 Å². The standard InChI is InChI=1S/C19H18N3O4S/c1-12-16(18(23)26-11-13-6-3-2-4-7-13)17(21-19(27)20-12)14-8-5-9-15(10-14)22(24)25/h2-10,17,24H,11H2,1H3,(H2,20,21,27)/q-1. The summed E-state index contributed by atoms with van der Waals surface area (Å²) >= 11 is 5.19. The molecule has 3 N–H and O–H groups in total. The molecule has 0 spiro atoms. The second-order valence-corrected chi connectivity index (χ2v) is 6.41. The Hall–Kier alpha value is -2.94. The monoisotopic (exact) mass is 384 g/mol. The van der Waals surface area contributed by atoms with E-state index in [1.54, 1.807) is 19.1 Å². The summed E-state index contributed by atoms with van der Waals surface area (Å²) in [5.74, 6) is -0.503. The molecule has 1 aliphatic rings. The number of nitrogens with zero attached hydrogens (tertiary/aromatic N) is 1. The molecule has 7 nitrogen and oxygen atoms in total. The van der Waals surface area contributed by atoms with Crippen LogP contribution in [-0.4, -0.2) is 16.3 Å². The van der Waals surface area contributed by atoms with Crippen molar-refractivity contribution >= 4 is 29.0 Å². The van der Waals surface area contributed by atoms with E-state index in [4.69, 9.17) is 22.2 Å². The Morgan fingerprint density at radius 1 is 1.26 bits per heavy atom. The Morgan fingerprint density at radius 2 is 2.00 bits per heavy atom. The molecule has 27 heavy (non-hydrogen) atoms. The maximum atomic E-state index is 12.8. The van der Waals surface area contributed by atoms with Crippen molar-refractivity contribution in [1.29, 1.82) is 0 Å². The van der Waals surface area contributed by atoms with Gasteiger partial charge in [-0.05, 0) is 42.4 Å². The summed E-state index contributed by atoms with van der Waals surface area (Å²) in [7, 11) is 0. The van der Waals surface area contributed by atoms with Gasteiger partial charge < -0.3 is 25.8 Å². The lowest BCUT2D eigenvalue weighted by Crippen LogP contribution is -2.45. The van der Waals surface area contributed by atoms with Crippen LogP contribution in [0.4, 0.5) is 5.69 Å². The van der Waals surface area contributed by atoms with E-state index in [9.17, 15) is 10.0 Å². The van der Waals surface area contributed by atoms with Crippen molar-refractivity contribution in [2.75, 3.05) is 5.23 Å². The fourth-order valence-electron chi connectivity index (χ4n) is 2.84. The van der Waals surface area contributed by atoms with Gasteiger partial charge in [0.25, 0.3) is 0 Å². The van der Waals surface area contributed by atoms with Gasteiger partial charge in [-0.2, -0.15) is 0 Å². The number of nitrogens with one attached hydrogen (secondary N) is 2. The highest BCUT2D eigenvalue weighted by atomic mass is 32.1. The Morgan fingerprint density at radius 3 is 2.70 bits per heavy atom. The number of ether oxygens (including phenoxy) is 1. The molecule has 1 aliphatic heterocycles. The first kappa shape index (κ1) is 18.8. The van der Waals surface area contributed by atoms with Crippen LogP contribution in [0.3, 0.4) is 0 Å². The fraction of sp³-hybridized carbons (Fsp3) is 0.158. The van der Waals surface area contributed by atoms with E-state index in [0.717, 1.165) is 5.56 Å². The molecule has 1 atom stereocenters. The number of anilines is 1. The first-order valence-corrected chi connectivity index (χ1v) is 8.62. The van der Waals surface area contributed by atoms with Gasteiger partial charge in [0, 0.05) is 5.70 Å². The molecule has 140 valence electrons. The molecule has 0 fully saturated rings. The van der Waals surface area contributed by atoms with Gasteiger partial charge in [-0.3, -0.25) is 5.21 Å². The number of esters is 1. The van der Waals surface area contributed by atoms with Gasteiger partial charge in [-0.1, -0.05) is 42.5 Å². The number of hydrogen-bond acceptors (Lipinski definition) is 6. The van der Waals surface area contributed by atoms with E-state index in [2.05, 4.69) is 10.6 Å². The molecule has 0 bridgehead atoms. The second-order valence-electron chi connectivity index (χ2n) is 6.00. The zero-order chi connectivity index (χ0) is 19.4. The summed E-state index contributed by atoms with van der Waals surface area (Å²) in [5, 5.41) is 26.4. The summed E-state index contributed by atoms with van der Waals surface area (Å²) in [6, 6.07) is 15.0. The second kappa shape index (κ2) is 8.17. The number of rotatable bonds is 5. The minimum atomic E-state index is -0.609. The van der Waals surface area contributed by atoms with Crippen molar-refractivity contribution < 1.29 is 14.7 Å². The molecule has 8 heteroatoms. The average molecular weight is 384 g/mol. The minimum Gasteiger partial charge on any atom is -0.733 e. The van der Waals surface area contributed by atoms with E-state index in [-0.39, 0.29) is 17.5 Å². The zero-order valence-electron chi connectivity index (χ0n) is 14.5. The fourth-order valence-corrected chi connectivity index (χ4v) is 3.11. The first-order valence-electron chi connectivity index (χ1n) is 8.21. The third-order valence-electron chi connectivity index (χ3n) is 4.13. The summed E-state index contributed by atoms with van der Waals surface area (Å²) in [4.78, 5) is 12.8. The van der Waals surface area contributed by atoms with Crippen LogP contribution in [0.15, 0.2) is 65.9 Å². The summed E-state index contributed by atoms with van der Waals surface area (Å²) in [5.41, 5.74) is 2.44. The lowest BCUT2D eigenvalue weighted by atomic mass is 9.95. The first-order chi connectivity index (χ1) is 13.0. The van der Waals surface area contributed by atoms with E-state index < -0.39 is 12.0 Å². The van der Waals surface area contributed by atoms with Crippen LogP contribution in [0.5, 0.6) is 0 Å². The van der Waals surface area contributed by atoms with Crippen molar-refractivity contribution in [2.45, 2.75) is 19.6 Å². The number of allylic oxidation sites excluding steroid dienone is 1. The van der Waals surface area contributed by atoms with E-state index in [0.29, 0.717) is 21.9 Å². The molecule has 0 saturated heterocycles. The molecule has 0 saturated carbocycles. The van der Waals surface area contributed by atoms with Crippen molar-refractivity contribution in [2.24, 2.45) is 0 Å². The highest BCUT2D eigenvalue weighted by Gasteiger charge is 2.31. The zero-order valence-corrected chi connectivity index (χ0v) is 15.3. The Bertz CT molecular complexity index is 884. The van der Waals surface area contributed by atoms with Gasteiger partial charge in [0.1, 0.15) is 6.61 Å². The molecule has 0 radical (unpaired) electrons. The van der Waals surface area contributed by atoms with Crippen LogP contribution in [0.1, 0.15) is 24.1 Å². The molecule has 1 heterocycles. The molecule has 0 aliphatic carbocycles. The Labute approximate surface area is 161 Å². The summed E-state index contributed by atoms with van der Waals surface area (Å²) in [6.45, 7) is 1.87. The van der Waals surface area contributed by atoms with Crippen LogP contribution in [0, 0.1) is 5.21 Å². The third-order valence-corrected chi connectivity index (χ3v) is 4.35. The van der Waals surface area contributed by atoms with E-state index >= 15 is 0 Å². The van der Waals surface area contributed by atoms with Crippen molar-refractivity contribution in [1.82, 2.24) is 10.6 Å². The number of thiocarbonyl (C=S) groups is 1. The summed E-state index contributed by atoms with van der Waals surface area (Å²) in [6.07, 6.45) is 0. The van der Waals surface area contributed by atoms with Crippen LogP contribution in [0.25, 0.3) is 0 Å². The van der Waals surface area contributed by atoms with E-state index in [1.807, 2.05) is 30.3 Å². The minimum absolute atomic E-state index is 0.0495. The third kappa shape index (κ3) is 4.43. The smallest absolute Gasteiger partial charge is 0.338 e.